The normalized spacial score (nSPS) is 16.4. The molecule has 0 aliphatic heterocycles. The summed E-state index contributed by atoms with van der Waals surface area (Å²) in [7, 11) is 0. The number of hydrogen-bond acceptors (Lipinski definition) is 3. The van der Waals surface area contributed by atoms with E-state index >= 15 is 0 Å². The second-order valence-electron chi connectivity index (χ2n) is 6.80. The van der Waals surface area contributed by atoms with Crippen molar-refractivity contribution in [1.82, 2.24) is 10.3 Å². The van der Waals surface area contributed by atoms with Crippen molar-refractivity contribution in [3.8, 4) is 0 Å². The molecule has 0 fully saturated rings. The molecule has 2 aromatic rings. The van der Waals surface area contributed by atoms with Crippen LogP contribution in [0, 0.1) is 0 Å². The van der Waals surface area contributed by atoms with E-state index in [4.69, 9.17) is 5.73 Å². The predicted octanol–water partition coefficient (Wildman–Crippen LogP) is 3.11. The van der Waals surface area contributed by atoms with Crippen LogP contribution in [-0.4, -0.2) is 16.8 Å². The number of hydrogen-bond donors (Lipinski definition) is 2. The number of nitrogens with two attached hydrogens (primary N) is 1. The van der Waals surface area contributed by atoms with E-state index in [1.807, 2.05) is 0 Å². The summed E-state index contributed by atoms with van der Waals surface area (Å²) in [4.78, 5) is 28.2. The minimum Gasteiger partial charge on any atom is -0.364 e. The molecular formula is C20H23N3O2. The molecule has 1 atom stereocenters. The molecule has 25 heavy (non-hydrogen) atoms. The molecule has 130 valence electrons. The van der Waals surface area contributed by atoms with Crippen LogP contribution in [0.5, 0.6) is 0 Å². The van der Waals surface area contributed by atoms with Crippen molar-refractivity contribution < 1.29 is 9.59 Å². The van der Waals surface area contributed by atoms with Gasteiger partial charge in [0.25, 0.3) is 11.8 Å². The summed E-state index contributed by atoms with van der Waals surface area (Å²) in [6.07, 6.45) is 4.39. The number of amides is 2. The van der Waals surface area contributed by atoms with Crippen molar-refractivity contribution in [1.29, 1.82) is 0 Å². The largest absolute Gasteiger partial charge is 0.364 e. The SMILES string of the molecule is CC(C)c1ccc2c(c1)[C@@H](NC(=O)c1cccnc1C(N)=O)CCC2. The van der Waals surface area contributed by atoms with Crippen molar-refractivity contribution >= 4 is 11.8 Å². The molecule has 0 saturated carbocycles. The number of aryl methyl sites for hydroxylation is 1. The summed E-state index contributed by atoms with van der Waals surface area (Å²) in [5.41, 5.74) is 9.28. The average Bonchev–Trinajstić information content (AvgIpc) is 2.61. The van der Waals surface area contributed by atoms with Crippen LogP contribution in [0.3, 0.4) is 0 Å². The van der Waals surface area contributed by atoms with Crippen LogP contribution in [0.15, 0.2) is 36.5 Å². The molecule has 1 aromatic carbocycles. The molecule has 0 bridgehead atoms. The fourth-order valence-corrected chi connectivity index (χ4v) is 3.35. The summed E-state index contributed by atoms with van der Waals surface area (Å²) in [6.45, 7) is 4.32. The number of primary amides is 1. The van der Waals surface area contributed by atoms with Crippen LogP contribution < -0.4 is 11.1 Å². The highest BCUT2D eigenvalue weighted by Crippen LogP contribution is 2.32. The van der Waals surface area contributed by atoms with Gasteiger partial charge in [0.05, 0.1) is 11.6 Å². The van der Waals surface area contributed by atoms with Crippen molar-refractivity contribution in [2.45, 2.75) is 45.1 Å². The summed E-state index contributed by atoms with van der Waals surface area (Å²) < 4.78 is 0. The van der Waals surface area contributed by atoms with E-state index in [0.29, 0.717) is 5.92 Å². The minimum atomic E-state index is -0.697. The lowest BCUT2D eigenvalue weighted by Crippen LogP contribution is -2.33. The highest BCUT2D eigenvalue weighted by Gasteiger charge is 2.25. The summed E-state index contributed by atoms with van der Waals surface area (Å²) in [6, 6.07) is 9.68. The Morgan fingerprint density at radius 2 is 2.08 bits per heavy atom. The number of rotatable bonds is 4. The van der Waals surface area contributed by atoms with Crippen LogP contribution in [0.1, 0.15) is 76.2 Å². The Labute approximate surface area is 147 Å². The molecule has 3 rings (SSSR count). The number of nitrogens with one attached hydrogen (secondary N) is 1. The van der Waals surface area contributed by atoms with E-state index in [-0.39, 0.29) is 23.2 Å². The molecule has 5 heteroatoms. The molecule has 0 unspecified atom stereocenters. The van der Waals surface area contributed by atoms with Gasteiger partial charge in [0.2, 0.25) is 0 Å². The number of carbonyl (C=O) groups excluding carboxylic acids is 2. The van der Waals surface area contributed by atoms with Gasteiger partial charge in [0, 0.05) is 6.20 Å². The molecule has 0 saturated heterocycles. The fourth-order valence-electron chi connectivity index (χ4n) is 3.35. The monoisotopic (exact) mass is 337 g/mol. The minimum absolute atomic E-state index is 0.00645. The first kappa shape index (κ1) is 17.1. The zero-order chi connectivity index (χ0) is 18.0. The second kappa shape index (κ2) is 7.05. The first-order chi connectivity index (χ1) is 12.0. The number of aromatic nitrogens is 1. The van der Waals surface area contributed by atoms with E-state index in [0.717, 1.165) is 19.3 Å². The lowest BCUT2D eigenvalue weighted by molar-refractivity contribution is 0.0916. The predicted molar refractivity (Wildman–Crippen MR) is 96.4 cm³/mol. The Hall–Kier alpha value is -2.69. The van der Waals surface area contributed by atoms with Crippen LogP contribution in [0.25, 0.3) is 0 Å². The van der Waals surface area contributed by atoms with Crippen molar-refractivity contribution in [2.75, 3.05) is 0 Å². The Kier molecular flexibility index (Phi) is 4.83. The summed E-state index contributed by atoms with van der Waals surface area (Å²) in [5, 5.41) is 3.07. The Balaban J connectivity index is 1.89. The van der Waals surface area contributed by atoms with Crippen LogP contribution in [-0.2, 0) is 6.42 Å². The van der Waals surface area contributed by atoms with E-state index < -0.39 is 5.91 Å². The van der Waals surface area contributed by atoms with E-state index in [9.17, 15) is 9.59 Å². The summed E-state index contributed by atoms with van der Waals surface area (Å²) in [5.74, 6) is -0.574. The molecule has 5 nitrogen and oxygen atoms in total. The molecule has 0 spiro atoms. The zero-order valence-corrected chi connectivity index (χ0v) is 14.6. The quantitative estimate of drug-likeness (QED) is 0.899. The van der Waals surface area contributed by atoms with Gasteiger partial charge in [0.1, 0.15) is 5.69 Å². The molecule has 1 aromatic heterocycles. The van der Waals surface area contributed by atoms with Crippen LogP contribution in [0.2, 0.25) is 0 Å². The maximum atomic E-state index is 12.7. The number of fused-ring (bicyclic) bond motifs is 1. The topological polar surface area (TPSA) is 85.1 Å². The van der Waals surface area contributed by atoms with Crippen LogP contribution >= 0.6 is 0 Å². The fraction of sp³-hybridized carbons (Fsp3) is 0.350. The Morgan fingerprint density at radius 3 is 2.80 bits per heavy atom. The van der Waals surface area contributed by atoms with Crippen molar-refractivity contribution in [3.63, 3.8) is 0 Å². The molecule has 3 N–H and O–H groups in total. The first-order valence-corrected chi connectivity index (χ1v) is 8.65. The van der Waals surface area contributed by atoms with Crippen molar-refractivity contribution in [2.24, 2.45) is 5.73 Å². The molecular weight excluding hydrogens is 314 g/mol. The maximum Gasteiger partial charge on any atom is 0.268 e. The van der Waals surface area contributed by atoms with E-state index in [1.54, 1.807) is 12.1 Å². The van der Waals surface area contributed by atoms with Gasteiger partial charge in [-0.25, -0.2) is 0 Å². The molecule has 0 radical (unpaired) electrons. The zero-order valence-electron chi connectivity index (χ0n) is 14.6. The molecule has 1 aliphatic carbocycles. The molecule has 1 aliphatic rings. The number of pyridine rings is 1. The lowest BCUT2D eigenvalue weighted by atomic mass is 9.85. The number of carbonyl (C=O) groups is 2. The maximum absolute atomic E-state index is 12.7. The van der Waals surface area contributed by atoms with Gasteiger partial charge in [-0.15, -0.1) is 0 Å². The Morgan fingerprint density at radius 1 is 1.28 bits per heavy atom. The van der Waals surface area contributed by atoms with Gasteiger partial charge in [0.15, 0.2) is 0 Å². The van der Waals surface area contributed by atoms with Crippen LogP contribution in [0.4, 0.5) is 0 Å². The van der Waals surface area contributed by atoms with Gasteiger partial charge in [-0.1, -0.05) is 32.0 Å². The van der Waals surface area contributed by atoms with E-state index in [2.05, 4.69) is 42.3 Å². The Bertz CT molecular complexity index is 814. The van der Waals surface area contributed by atoms with Gasteiger partial charge < -0.3 is 11.1 Å². The summed E-state index contributed by atoms with van der Waals surface area (Å²) >= 11 is 0. The van der Waals surface area contributed by atoms with Gasteiger partial charge in [-0.3, -0.25) is 14.6 Å². The standard InChI is InChI=1S/C20H23N3O2/c1-12(2)14-9-8-13-5-3-7-17(16(13)11-14)23-20(25)15-6-4-10-22-18(15)19(21)24/h4,6,8-12,17H,3,5,7H2,1-2H3,(H2,21,24)(H,23,25)/t17-/m0/s1. The third-order valence-corrected chi connectivity index (χ3v) is 4.74. The number of nitrogens with zero attached hydrogens (tertiary/aromatic N) is 1. The number of benzene rings is 1. The van der Waals surface area contributed by atoms with Gasteiger partial charge >= 0.3 is 0 Å². The van der Waals surface area contributed by atoms with Crippen molar-refractivity contribution in [3.05, 3.63) is 64.5 Å². The second-order valence-corrected chi connectivity index (χ2v) is 6.80. The molecule has 1 heterocycles. The lowest BCUT2D eigenvalue weighted by Gasteiger charge is -2.27. The van der Waals surface area contributed by atoms with Gasteiger partial charge in [-0.05, 0) is 54.0 Å². The molecule has 2 amide bonds. The smallest absolute Gasteiger partial charge is 0.268 e. The van der Waals surface area contributed by atoms with E-state index in [1.165, 1.54) is 22.9 Å². The van der Waals surface area contributed by atoms with Gasteiger partial charge in [-0.2, -0.15) is 0 Å². The third kappa shape index (κ3) is 3.55. The third-order valence-electron chi connectivity index (χ3n) is 4.74. The average molecular weight is 337 g/mol. The highest BCUT2D eigenvalue weighted by atomic mass is 16.2. The highest BCUT2D eigenvalue weighted by molar-refractivity contribution is 6.05. The first-order valence-electron chi connectivity index (χ1n) is 8.65.